The molecule has 1 saturated carbocycles. The third kappa shape index (κ3) is 3.92. The van der Waals surface area contributed by atoms with Gasteiger partial charge in [0.25, 0.3) is 0 Å². The Bertz CT molecular complexity index is 33.2. The molecule has 0 aliphatic heterocycles. The van der Waals surface area contributed by atoms with Gasteiger partial charge in [-0.1, -0.05) is 38.5 Å². The maximum Gasteiger partial charge on any atom is -0.0386 e. The summed E-state index contributed by atoms with van der Waals surface area (Å²) < 4.78 is 0. The molecule has 0 bridgehead atoms. The predicted molar refractivity (Wildman–Crippen MR) is 45.5 cm³/mol. The van der Waals surface area contributed by atoms with Crippen LogP contribution in [0.25, 0.3) is 0 Å². The second-order valence-electron chi connectivity index (χ2n) is 3.15. The lowest BCUT2D eigenvalue weighted by atomic mass is 10.0. The van der Waals surface area contributed by atoms with Crippen molar-refractivity contribution in [3.8, 4) is 0 Å². The van der Waals surface area contributed by atoms with Crippen molar-refractivity contribution >= 4 is 0 Å². The van der Waals surface area contributed by atoms with Crippen molar-refractivity contribution in [2.45, 2.75) is 51.4 Å². The normalized spacial score (nSPS) is 24.0. The molecule has 10 heavy (non-hydrogen) atoms. The van der Waals surface area contributed by atoms with Crippen LogP contribution < -0.4 is 0 Å². The molecule has 0 aromatic carbocycles. The van der Waals surface area contributed by atoms with E-state index in [0.717, 1.165) is 0 Å². The van der Waals surface area contributed by atoms with Crippen LogP contribution in [0.5, 0.6) is 0 Å². The Morgan fingerprint density at radius 1 is 0.500 bits per heavy atom. The van der Waals surface area contributed by atoms with E-state index in [1.54, 1.807) is 0 Å². The third-order valence-electron chi connectivity index (χ3n) is 2.14. The summed E-state index contributed by atoms with van der Waals surface area (Å²) in [6.07, 6.45) is 16.0. The van der Waals surface area contributed by atoms with E-state index in [9.17, 15) is 0 Å². The zero-order chi connectivity index (χ0) is 7.07. The molecule has 2 radical (unpaired) electrons. The molecule has 1 aliphatic rings. The smallest absolute Gasteiger partial charge is 0.0386 e. The quantitative estimate of drug-likeness (QED) is 0.480. The van der Waals surface area contributed by atoms with E-state index in [1.807, 2.05) is 0 Å². The van der Waals surface area contributed by atoms with Crippen LogP contribution in [0.3, 0.4) is 0 Å². The fourth-order valence-corrected chi connectivity index (χ4v) is 1.46. The summed E-state index contributed by atoms with van der Waals surface area (Å²) in [5, 5.41) is 0. The van der Waals surface area contributed by atoms with Crippen LogP contribution in [-0.2, 0) is 0 Å². The first-order chi connectivity index (χ1) is 5.00. The average Bonchev–Trinajstić information content (AvgIpc) is 2.01. The molecule has 0 aromatic rings. The van der Waals surface area contributed by atoms with Crippen molar-refractivity contribution in [1.29, 1.82) is 0 Å². The summed E-state index contributed by atoms with van der Waals surface area (Å²) in [5.41, 5.74) is 0. The van der Waals surface area contributed by atoms with E-state index in [-0.39, 0.29) is 0 Å². The van der Waals surface area contributed by atoms with Gasteiger partial charge in [0, 0.05) is 0 Å². The fraction of sp³-hybridized carbons (Fsp3) is 0.800. The second-order valence-corrected chi connectivity index (χ2v) is 3.15. The highest BCUT2D eigenvalue weighted by Crippen LogP contribution is 2.14. The van der Waals surface area contributed by atoms with Gasteiger partial charge in [-0.25, -0.2) is 0 Å². The van der Waals surface area contributed by atoms with E-state index in [2.05, 4.69) is 12.8 Å². The summed E-state index contributed by atoms with van der Waals surface area (Å²) in [7, 11) is 0. The first kappa shape index (κ1) is 8.10. The lowest BCUT2D eigenvalue weighted by Gasteiger charge is -2.05. The van der Waals surface area contributed by atoms with Crippen LogP contribution in [0.2, 0.25) is 0 Å². The monoisotopic (exact) mass is 138 g/mol. The lowest BCUT2D eigenvalue weighted by molar-refractivity contribution is 0.600. The SMILES string of the molecule is [CH]1CC[CH]CCCCCC1. The molecule has 0 unspecified atom stereocenters. The van der Waals surface area contributed by atoms with E-state index < -0.39 is 0 Å². The fourth-order valence-electron chi connectivity index (χ4n) is 1.46. The molecule has 58 valence electrons. The number of rotatable bonds is 0. The molecular weight excluding hydrogens is 120 g/mol. The molecule has 0 saturated heterocycles. The Labute approximate surface area is 65.0 Å². The molecule has 0 heteroatoms. The van der Waals surface area contributed by atoms with Crippen LogP contribution >= 0.6 is 0 Å². The van der Waals surface area contributed by atoms with Crippen molar-refractivity contribution < 1.29 is 0 Å². The van der Waals surface area contributed by atoms with E-state index in [1.165, 1.54) is 51.4 Å². The molecule has 0 amide bonds. The molecule has 1 aliphatic carbocycles. The second kappa shape index (κ2) is 5.76. The summed E-state index contributed by atoms with van der Waals surface area (Å²) in [4.78, 5) is 0. The highest BCUT2D eigenvalue weighted by atomic mass is 14.0. The summed E-state index contributed by atoms with van der Waals surface area (Å²) in [6, 6.07) is 0. The van der Waals surface area contributed by atoms with Gasteiger partial charge in [-0.2, -0.15) is 0 Å². The van der Waals surface area contributed by atoms with Crippen molar-refractivity contribution in [2.24, 2.45) is 0 Å². The molecule has 1 rings (SSSR count). The first-order valence-electron chi connectivity index (χ1n) is 4.63. The molecule has 0 nitrogen and oxygen atoms in total. The molecular formula is C10H18. The molecule has 0 aromatic heterocycles. The molecule has 1 fully saturated rings. The van der Waals surface area contributed by atoms with E-state index >= 15 is 0 Å². The minimum atomic E-state index is 1.32. The Morgan fingerprint density at radius 2 is 1.00 bits per heavy atom. The van der Waals surface area contributed by atoms with Gasteiger partial charge in [-0.15, -0.1) is 0 Å². The summed E-state index contributed by atoms with van der Waals surface area (Å²) in [6.45, 7) is 0. The Kier molecular flexibility index (Phi) is 4.67. The van der Waals surface area contributed by atoms with Crippen molar-refractivity contribution in [2.75, 3.05) is 0 Å². The van der Waals surface area contributed by atoms with Crippen molar-refractivity contribution in [3.05, 3.63) is 12.8 Å². The minimum absolute atomic E-state index is 1.32. The summed E-state index contributed by atoms with van der Waals surface area (Å²) in [5.74, 6) is 0. The highest BCUT2D eigenvalue weighted by Gasteiger charge is 1.96. The topological polar surface area (TPSA) is 0 Å². The average molecular weight is 138 g/mol. The third-order valence-corrected chi connectivity index (χ3v) is 2.14. The Morgan fingerprint density at radius 3 is 1.50 bits per heavy atom. The van der Waals surface area contributed by atoms with E-state index in [4.69, 9.17) is 0 Å². The van der Waals surface area contributed by atoms with E-state index in [0.29, 0.717) is 0 Å². The zero-order valence-electron chi connectivity index (χ0n) is 6.81. The van der Waals surface area contributed by atoms with Gasteiger partial charge in [0.15, 0.2) is 0 Å². The van der Waals surface area contributed by atoms with Gasteiger partial charge in [-0.05, 0) is 25.7 Å². The zero-order valence-corrected chi connectivity index (χ0v) is 6.81. The van der Waals surface area contributed by atoms with Crippen molar-refractivity contribution in [3.63, 3.8) is 0 Å². The van der Waals surface area contributed by atoms with Gasteiger partial charge < -0.3 is 0 Å². The highest BCUT2D eigenvalue weighted by molar-refractivity contribution is 4.73. The van der Waals surface area contributed by atoms with Gasteiger partial charge in [0.1, 0.15) is 0 Å². The largest absolute Gasteiger partial charge is 0.0533 e. The lowest BCUT2D eigenvalue weighted by Crippen LogP contribution is -1.87. The van der Waals surface area contributed by atoms with Crippen LogP contribution in [0.4, 0.5) is 0 Å². The Balaban J connectivity index is 2.00. The first-order valence-corrected chi connectivity index (χ1v) is 4.63. The van der Waals surface area contributed by atoms with Crippen LogP contribution in [-0.4, -0.2) is 0 Å². The Hall–Kier alpha value is 0. The molecule has 0 spiro atoms. The van der Waals surface area contributed by atoms with Crippen LogP contribution in [0.15, 0.2) is 0 Å². The van der Waals surface area contributed by atoms with Gasteiger partial charge in [0.2, 0.25) is 0 Å². The van der Waals surface area contributed by atoms with Crippen LogP contribution in [0.1, 0.15) is 51.4 Å². The number of hydrogen-bond acceptors (Lipinski definition) is 0. The standard InChI is InChI=1S/C10H18/c1-2-4-6-8-10-9-7-5-3-1/h1,6H,2-5,7-10H2. The minimum Gasteiger partial charge on any atom is -0.0533 e. The number of hydrogen-bond donors (Lipinski definition) is 0. The molecule has 0 N–H and O–H groups in total. The maximum atomic E-state index is 2.45. The van der Waals surface area contributed by atoms with Crippen LogP contribution in [0, 0.1) is 12.8 Å². The van der Waals surface area contributed by atoms with Crippen molar-refractivity contribution in [1.82, 2.24) is 0 Å². The predicted octanol–water partition coefficient (Wildman–Crippen LogP) is 3.53. The summed E-state index contributed by atoms with van der Waals surface area (Å²) >= 11 is 0. The van der Waals surface area contributed by atoms with Gasteiger partial charge in [-0.3, -0.25) is 0 Å². The molecule has 0 atom stereocenters. The maximum absolute atomic E-state index is 2.45. The van der Waals surface area contributed by atoms with Gasteiger partial charge in [0.05, 0.1) is 0 Å². The van der Waals surface area contributed by atoms with Gasteiger partial charge >= 0.3 is 0 Å². The molecule has 0 heterocycles.